The van der Waals surface area contributed by atoms with Gasteiger partial charge in [-0.05, 0) is 88.3 Å². The minimum Gasteiger partial charge on any atom is -0.481 e. The van der Waals surface area contributed by atoms with Crippen molar-refractivity contribution in [1.29, 1.82) is 0 Å². The summed E-state index contributed by atoms with van der Waals surface area (Å²) in [7, 11) is 1.62. The zero-order valence-corrected chi connectivity index (χ0v) is 25.5. The lowest BCUT2D eigenvalue weighted by Crippen LogP contribution is -2.55. The molecule has 6 rings (SSSR count). The van der Waals surface area contributed by atoms with E-state index in [1.807, 2.05) is 46.3 Å². The number of urea groups is 2. The van der Waals surface area contributed by atoms with E-state index in [2.05, 4.69) is 31.5 Å². The SMILES string of the molecule is COc1ccc(CC(CN2CCC(N3CCCCC3)CC2)NC(=O)N2CCC(N3Cc4ccccc4NC3=O)CC2)cn1. The van der Waals surface area contributed by atoms with Crippen LogP contribution in [0, 0.1) is 0 Å². The molecule has 1 aromatic heterocycles. The number of amides is 4. The Kier molecular flexibility index (Phi) is 9.63. The van der Waals surface area contributed by atoms with Gasteiger partial charge in [-0.15, -0.1) is 0 Å². The van der Waals surface area contributed by atoms with Crippen molar-refractivity contribution >= 4 is 17.7 Å². The Hall–Kier alpha value is -3.37. The van der Waals surface area contributed by atoms with E-state index in [4.69, 9.17) is 4.74 Å². The van der Waals surface area contributed by atoms with E-state index >= 15 is 0 Å². The molecule has 10 heteroatoms. The van der Waals surface area contributed by atoms with Gasteiger partial charge in [-0.2, -0.15) is 0 Å². The number of methoxy groups -OCH3 is 1. The van der Waals surface area contributed by atoms with Gasteiger partial charge in [0.1, 0.15) is 0 Å². The van der Waals surface area contributed by atoms with Crippen LogP contribution in [-0.2, 0) is 13.0 Å². The van der Waals surface area contributed by atoms with Crippen LogP contribution in [0.25, 0.3) is 0 Å². The molecule has 1 unspecified atom stereocenters. The van der Waals surface area contributed by atoms with Gasteiger partial charge in [0.25, 0.3) is 0 Å². The van der Waals surface area contributed by atoms with Crippen molar-refractivity contribution in [3.8, 4) is 5.88 Å². The van der Waals surface area contributed by atoms with Crippen LogP contribution in [0.15, 0.2) is 42.6 Å². The number of aromatic nitrogens is 1. The molecule has 3 fully saturated rings. The molecule has 0 saturated carbocycles. The number of hydrogen-bond acceptors (Lipinski definition) is 6. The number of nitrogens with one attached hydrogen (secondary N) is 2. The van der Waals surface area contributed by atoms with Crippen molar-refractivity contribution < 1.29 is 14.3 Å². The molecule has 3 saturated heterocycles. The summed E-state index contributed by atoms with van der Waals surface area (Å²) in [6.07, 6.45) is 10.6. The molecule has 0 bridgehead atoms. The number of nitrogens with zero attached hydrogens (tertiary/aromatic N) is 5. The number of pyridine rings is 1. The first-order valence-corrected chi connectivity index (χ1v) is 16.2. The van der Waals surface area contributed by atoms with E-state index in [-0.39, 0.29) is 24.1 Å². The third-order valence-corrected chi connectivity index (χ3v) is 9.81. The number of fused-ring (bicyclic) bond motifs is 1. The molecular formula is C33H47N7O3. The number of carbonyl (C=O) groups excluding carboxylic acids is 2. The van der Waals surface area contributed by atoms with Crippen molar-refractivity contribution in [2.45, 2.75) is 76.0 Å². The number of anilines is 1. The fraction of sp³-hybridized carbons (Fsp3) is 0.606. The highest BCUT2D eigenvalue weighted by atomic mass is 16.5. The summed E-state index contributed by atoms with van der Waals surface area (Å²) in [6.45, 7) is 7.36. The lowest BCUT2D eigenvalue weighted by Gasteiger charge is -2.42. The van der Waals surface area contributed by atoms with Crippen molar-refractivity contribution in [3.63, 3.8) is 0 Å². The molecule has 43 heavy (non-hydrogen) atoms. The Bertz CT molecular complexity index is 1220. The van der Waals surface area contributed by atoms with Gasteiger partial charge in [-0.1, -0.05) is 30.7 Å². The van der Waals surface area contributed by atoms with Gasteiger partial charge in [0, 0.05) is 62.3 Å². The molecule has 232 valence electrons. The third kappa shape index (κ3) is 7.41. The van der Waals surface area contributed by atoms with Gasteiger partial charge in [-0.3, -0.25) is 0 Å². The number of likely N-dealkylation sites (tertiary alicyclic amines) is 3. The number of benzene rings is 1. The van der Waals surface area contributed by atoms with Crippen LogP contribution in [-0.4, -0.2) is 108 Å². The topological polar surface area (TPSA) is 93.3 Å². The maximum absolute atomic E-state index is 13.6. The summed E-state index contributed by atoms with van der Waals surface area (Å²) in [4.78, 5) is 39.9. The first-order chi connectivity index (χ1) is 21.1. The van der Waals surface area contributed by atoms with E-state index < -0.39 is 0 Å². The van der Waals surface area contributed by atoms with Gasteiger partial charge >= 0.3 is 12.1 Å². The second-order valence-corrected chi connectivity index (χ2v) is 12.6. The average molecular weight is 590 g/mol. The first kappa shape index (κ1) is 29.7. The fourth-order valence-electron chi connectivity index (χ4n) is 7.32. The van der Waals surface area contributed by atoms with Gasteiger partial charge in [0.2, 0.25) is 5.88 Å². The maximum Gasteiger partial charge on any atom is 0.322 e. The largest absolute Gasteiger partial charge is 0.481 e. The molecule has 4 aliphatic rings. The lowest BCUT2D eigenvalue weighted by molar-refractivity contribution is 0.0872. The van der Waals surface area contributed by atoms with E-state index in [1.54, 1.807) is 7.11 Å². The summed E-state index contributed by atoms with van der Waals surface area (Å²) in [5, 5.41) is 6.42. The minimum absolute atomic E-state index is 0.0124. The Balaban J connectivity index is 1.04. The van der Waals surface area contributed by atoms with Crippen LogP contribution >= 0.6 is 0 Å². The second-order valence-electron chi connectivity index (χ2n) is 12.6. The second kappa shape index (κ2) is 13.9. The van der Waals surface area contributed by atoms with Crippen molar-refractivity contribution in [2.75, 3.05) is 58.2 Å². The van der Waals surface area contributed by atoms with Gasteiger partial charge in [-0.25, -0.2) is 14.6 Å². The molecule has 10 nitrogen and oxygen atoms in total. The highest BCUT2D eigenvalue weighted by molar-refractivity contribution is 5.92. The predicted octanol–water partition coefficient (Wildman–Crippen LogP) is 4.17. The summed E-state index contributed by atoms with van der Waals surface area (Å²) in [5.41, 5.74) is 3.12. The van der Waals surface area contributed by atoms with E-state index in [0.717, 1.165) is 55.7 Å². The molecule has 0 spiro atoms. The van der Waals surface area contributed by atoms with Crippen LogP contribution in [0.3, 0.4) is 0 Å². The summed E-state index contributed by atoms with van der Waals surface area (Å²) in [6, 6.07) is 12.7. The third-order valence-electron chi connectivity index (χ3n) is 9.81. The van der Waals surface area contributed by atoms with Crippen molar-refractivity contribution in [1.82, 2.24) is 29.9 Å². The molecule has 4 aliphatic heterocycles. The van der Waals surface area contributed by atoms with Crippen molar-refractivity contribution in [3.05, 3.63) is 53.7 Å². The molecule has 0 radical (unpaired) electrons. The molecule has 1 atom stereocenters. The molecule has 2 N–H and O–H groups in total. The minimum atomic E-state index is -0.0428. The molecule has 5 heterocycles. The number of hydrogen-bond donors (Lipinski definition) is 2. The lowest BCUT2D eigenvalue weighted by atomic mass is 9.99. The molecule has 4 amide bonds. The Morgan fingerprint density at radius 3 is 2.44 bits per heavy atom. The Morgan fingerprint density at radius 1 is 0.977 bits per heavy atom. The quantitative estimate of drug-likeness (QED) is 0.480. The van der Waals surface area contributed by atoms with Gasteiger partial charge in [0.15, 0.2) is 0 Å². The van der Waals surface area contributed by atoms with Crippen LogP contribution in [0.1, 0.15) is 56.1 Å². The van der Waals surface area contributed by atoms with Crippen LogP contribution in [0.4, 0.5) is 15.3 Å². The first-order valence-electron chi connectivity index (χ1n) is 16.2. The van der Waals surface area contributed by atoms with Crippen LogP contribution in [0.5, 0.6) is 5.88 Å². The monoisotopic (exact) mass is 589 g/mol. The number of ether oxygens (including phenoxy) is 1. The number of piperidine rings is 3. The average Bonchev–Trinajstić information content (AvgIpc) is 3.05. The molecule has 1 aromatic carbocycles. The zero-order chi connectivity index (χ0) is 29.6. The summed E-state index contributed by atoms with van der Waals surface area (Å²) < 4.78 is 5.25. The standard InChI is InChI=1S/C33H47N7O3/c1-43-31-10-9-25(22-34-31)21-27(24-37-17-11-28(12-18-37)38-15-5-2-6-16-38)35-32(41)39-19-13-29(14-20-39)40-23-26-7-3-4-8-30(26)36-33(40)42/h3-4,7-10,22,27-29H,2,5-6,11-21,23-24H2,1H3,(H,35,41)(H,36,42). The molecule has 2 aromatic rings. The summed E-state index contributed by atoms with van der Waals surface area (Å²) >= 11 is 0. The number of carbonyl (C=O) groups is 2. The predicted molar refractivity (Wildman–Crippen MR) is 167 cm³/mol. The van der Waals surface area contributed by atoms with Crippen LogP contribution < -0.4 is 15.4 Å². The van der Waals surface area contributed by atoms with Crippen LogP contribution in [0.2, 0.25) is 0 Å². The number of para-hydroxylation sites is 1. The van der Waals surface area contributed by atoms with Gasteiger partial charge < -0.3 is 35.0 Å². The highest BCUT2D eigenvalue weighted by Gasteiger charge is 2.33. The smallest absolute Gasteiger partial charge is 0.322 e. The van der Waals surface area contributed by atoms with Gasteiger partial charge in [0.05, 0.1) is 7.11 Å². The molecular weight excluding hydrogens is 542 g/mol. The highest BCUT2D eigenvalue weighted by Crippen LogP contribution is 2.28. The number of rotatable bonds is 8. The molecule has 0 aliphatic carbocycles. The zero-order valence-electron chi connectivity index (χ0n) is 25.5. The Morgan fingerprint density at radius 2 is 1.72 bits per heavy atom. The fourth-order valence-corrected chi connectivity index (χ4v) is 7.32. The Labute approximate surface area is 255 Å². The maximum atomic E-state index is 13.6. The summed E-state index contributed by atoms with van der Waals surface area (Å²) in [5.74, 6) is 0.595. The van der Waals surface area contributed by atoms with Crippen molar-refractivity contribution in [2.24, 2.45) is 0 Å². The normalized spacial score (nSPS) is 21.7. The van der Waals surface area contributed by atoms with E-state index in [9.17, 15) is 9.59 Å². The van der Waals surface area contributed by atoms with E-state index in [1.165, 1.54) is 45.2 Å². The van der Waals surface area contributed by atoms with E-state index in [0.29, 0.717) is 31.6 Å².